The third kappa shape index (κ3) is 28.3. The van der Waals surface area contributed by atoms with E-state index >= 15 is 0 Å². The minimum atomic E-state index is 0. The van der Waals surface area contributed by atoms with E-state index in [2.05, 4.69) is 0 Å². The molecule has 0 spiro atoms. The molecule has 0 atom stereocenters. The van der Waals surface area contributed by atoms with E-state index < -0.39 is 0 Å². The summed E-state index contributed by atoms with van der Waals surface area (Å²) < 4.78 is 0. The van der Waals surface area contributed by atoms with E-state index in [4.69, 9.17) is 0 Å². The molecular weight excluding hydrogens is 422 g/mol. The fraction of sp³-hybridized carbons (Fsp3) is 0. The second-order valence-corrected chi connectivity index (χ2v) is 0. The summed E-state index contributed by atoms with van der Waals surface area (Å²) in [5.41, 5.74) is 0. The number of hydrogen-bond acceptors (Lipinski definition) is 0. The monoisotopic (exact) mass is 426 g/mol. The van der Waals surface area contributed by atoms with Crippen molar-refractivity contribution < 1.29 is 53.0 Å². The van der Waals surface area contributed by atoms with Gasteiger partial charge in [-0.3, -0.25) is 0 Å². The van der Waals surface area contributed by atoms with Crippen molar-refractivity contribution >= 4 is 51.0 Å². The first-order valence-electron chi connectivity index (χ1n) is 0. The van der Waals surface area contributed by atoms with Gasteiger partial charge in [0.2, 0.25) is 0 Å². The van der Waals surface area contributed by atoms with E-state index in [1.165, 1.54) is 0 Å². The molecule has 0 aromatic carbocycles. The van der Waals surface area contributed by atoms with Gasteiger partial charge >= 0.3 is 40.6 Å². The molecule has 28 valence electrons. The second kappa shape index (κ2) is 44.2. The van der Waals surface area contributed by atoms with Crippen LogP contribution in [0.15, 0.2) is 0 Å². The van der Waals surface area contributed by atoms with E-state index in [1.807, 2.05) is 0 Å². The molecule has 0 heterocycles. The second-order valence-electron chi connectivity index (χ2n) is 0. The van der Waals surface area contributed by atoms with E-state index in [-0.39, 0.29) is 104 Å². The predicted molar refractivity (Wildman–Crippen MR) is 14.0 cm³/mol. The van der Waals surface area contributed by atoms with E-state index in [9.17, 15) is 0 Å². The summed E-state index contributed by atoms with van der Waals surface area (Å²) >= 11 is 0. The zero-order chi connectivity index (χ0) is 0. The van der Waals surface area contributed by atoms with Crippen molar-refractivity contribution in [2.24, 2.45) is 0 Å². The smallest absolute Gasteiger partial charge is 2.00 e. The van der Waals surface area contributed by atoms with Gasteiger partial charge < -0.3 is 12.4 Å². The molecule has 0 fully saturated rings. The maximum Gasteiger partial charge on any atom is 4.00 e. The van der Waals surface area contributed by atoms with Gasteiger partial charge in [0.05, 0.1) is 0 Å². The molecule has 0 aromatic rings. The molecule has 6 heavy (non-hydrogen) atoms. The average Bonchev–Trinajstić information content (AvgIpc) is 0. The summed E-state index contributed by atoms with van der Waals surface area (Å²) in [4.78, 5) is 0. The van der Waals surface area contributed by atoms with Gasteiger partial charge in [-0.2, -0.15) is 0 Å². The molecule has 0 amide bonds. The van der Waals surface area contributed by atoms with Gasteiger partial charge in [0.1, 0.15) is 0 Å². The Morgan fingerprint density at radius 3 is 1.00 bits per heavy atom. The van der Waals surface area contributed by atoms with Crippen LogP contribution < -0.4 is 18.9 Å². The van der Waals surface area contributed by atoms with Crippen LogP contribution in [0.5, 0.6) is 0 Å². The van der Waals surface area contributed by atoms with Crippen molar-refractivity contribution in [3.05, 3.63) is 0 Å². The molecule has 0 bridgehead atoms. The van der Waals surface area contributed by atoms with Crippen LogP contribution in [0.2, 0.25) is 0 Å². The quantitative estimate of drug-likeness (QED) is 0.359. The Bertz CT molecular complexity index is 17.7. The predicted octanol–water partition coefficient (Wildman–Crippen LogP) is -3.89. The molecule has 6 radical (unpaired) electrons. The fourth-order valence-corrected chi connectivity index (χ4v) is 0. The van der Waals surface area contributed by atoms with Crippen molar-refractivity contribution in [1.82, 2.24) is 0 Å². The Morgan fingerprint density at radius 2 is 1.00 bits per heavy atom. The zero-order valence-electron chi connectivity index (χ0n) is 4.22. The summed E-state index contributed by atoms with van der Waals surface area (Å²) in [5.74, 6) is 0. The Balaban J connectivity index is 0. The summed E-state index contributed by atoms with van der Waals surface area (Å²) in [6.45, 7) is 0. The zero-order valence-corrected chi connectivity index (χ0v) is 11.0. The van der Waals surface area contributed by atoms with Crippen molar-refractivity contribution in [3.63, 3.8) is 0 Å². The van der Waals surface area contributed by atoms with Crippen LogP contribution in [0.3, 0.4) is 0 Å². The molecule has 0 aliphatic carbocycles. The van der Waals surface area contributed by atoms with E-state index in [1.54, 1.807) is 0 Å². The molecule has 0 N–H and O–H groups in total. The normalized spacial score (nSPS) is 0. The first kappa shape index (κ1) is 65.1. The van der Waals surface area contributed by atoms with E-state index in [0.717, 1.165) is 0 Å². The van der Waals surface area contributed by atoms with Crippen LogP contribution in [0, 0.1) is 0 Å². The Hall–Kier alpha value is 2.94. The van der Waals surface area contributed by atoms with Gasteiger partial charge in [0.25, 0.3) is 0 Å². The van der Waals surface area contributed by atoms with Crippen LogP contribution in [-0.2, 0) is 32.7 Å². The summed E-state index contributed by atoms with van der Waals surface area (Å²) in [6.07, 6.45) is 0. The molecule has 0 aliphatic rings. The van der Waals surface area contributed by atoms with E-state index in [0.29, 0.717) is 0 Å². The first-order chi connectivity index (χ1) is 0. The van der Waals surface area contributed by atoms with Crippen molar-refractivity contribution in [1.29, 1.82) is 0 Å². The maximum atomic E-state index is 0. The van der Waals surface area contributed by atoms with Crippen molar-refractivity contribution in [2.45, 2.75) is 0 Å². The molecule has 2 nitrogen and oxygen atoms in total. The number of hydrogen-bond donors (Lipinski definition) is 0. The van der Waals surface area contributed by atoms with Crippen molar-refractivity contribution in [2.75, 3.05) is 0 Å². The van der Waals surface area contributed by atoms with Crippen LogP contribution >= 0.6 is 0 Å². The molecule has 0 rings (SSSR count). The summed E-state index contributed by atoms with van der Waals surface area (Å²) in [5, 5.41) is 0. The molecule has 0 saturated heterocycles. The van der Waals surface area contributed by atoms with Gasteiger partial charge in [0.15, 0.2) is 0 Å². The van der Waals surface area contributed by atoms with Crippen LogP contribution in [0.1, 0.15) is 1.43 Å². The van der Waals surface area contributed by atoms with Gasteiger partial charge in [-0.25, -0.2) is 0 Å². The summed E-state index contributed by atoms with van der Waals surface area (Å²) in [7, 11) is 0. The third-order valence-electron chi connectivity index (χ3n) is 0. The minimum absolute atomic E-state index is 0. The molecule has 6 heteroatoms. The Kier molecular flexibility index (Phi) is 480. The fourth-order valence-electron chi connectivity index (χ4n) is 0. The largest absolute Gasteiger partial charge is 4.00 e. The van der Waals surface area contributed by atoms with Crippen LogP contribution in [0.25, 0.3) is 0 Å². The molecular formula is HLiO2PbTeTi. The van der Waals surface area contributed by atoms with Crippen LogP contribution in [0.4, 0.5) is 0 Å². The Morgan fingerprint density at radius 1 is 1.00 bits per heavy atom. The minimum Gasteiger partial charge on any atom is -2.00 e. The topological polar surface area (TPSA) is 57.0 Å². The summed E-state index contributed by atoms with van der Waals surface area (Å²) in [6, 6.07) is 0. The molecule has 0 aliphatic heterocycles. The molecule has 0 unspecified atom stereocenters. The van der Waals surface area contributed by atoms with Gasteiger partial charge in [-0.15, -0.1) is 0 Å². The number of rotatable bonds is 0. The molecule has 0 aromatic heterocycles. The van der Waals surface area contributed by atoms with Gasteiger partial charge in [-0.05, 0) is 0 Å². The third-order valence-corrected chi connectivity index (χ3v) is 0. The average molecular weight is 423 g/mol. The van der Waals surface area contributed by atoms with Gasteiger partial charge in [-0.1, -0.05) is 0 Å². The van der Waals surface area contributed by atoms with Crippen molar-refractivity contribution in [3.8, 4) is 0 Å². The molecule has 0 saturated carbocycles. The SMILES string of the molecule is [H-].[Li+].[O-2].[O-2].[Pb].[Te].[Ti+4]. The standard InChI is InChI=1S/Li.2O.Pb.Te.Ti.H/q+1;2*-2;;;+4;-1. The van der Waals surface area contributed by atoms with Crippen LogP contribution in [-0.4, -0.2) is 51.0 Å². The Labute approximate surface area is 102 Å². The van der Waals surface area contributed by atoms with Gasteiger partial charge in [0, 0.05) is 51.0 Å². The first-order valence-corrected chi connectivity index (χ1v) is 0. The maximum absolute atomic E-state index is 0.